The number of amides is 2. The van der Waals surface area contributed by atoms with Gasteiger partial charge in [0.05, 0.1) is 23.7 Å². The number of aliphatic carboxylic acids is 1. The molecule has 0 radical (unpaired) electrons. The average molecular weight is 466 g/mol. The molecule has 3 N–H and O–H groups in total. The molecule has 1 heterocycles. The number of rotatable bonds is 8. The number of carbonyl (C=O) groups is 3. The minimum atomic E-state index is -1.27. The standard InChI is InChI=1S/C24H23N3O5S/c1-14-26-15(13-33-14)11-25-23(30)21(10-22(28)29)27-24(31)32-12-20-18-8-4-2-6-16(18)17-7-3-5-9-19(17)20/h2-9,13,20-21H,10-12H2,1H3,(H,25,30)(H,27,31)(H,28,29). The molecule has 9 heteroatoms. The SMILES string of the molecule is Cc1nc(CNC(=O)C(CC(=O)O)NC(=O)OCC2c3ccccc3-c3ccccc32)cs1. The number of benzene rings is 2. The highest BCUT2D eigenvalue weighted by molar-refractivity contribution is 7.09. The van der Waals surface area contributed by atoms with Crippen LogP contribution in [0.3, 0.4) is 0 Å². The minimum Gasteiger partial charge on any atom is -0.481 e. The highest BCUT2D eigenvalue weighted by atomic mass is 32.1. The van der Waals surface area contributed by atoms with E-state index >= 15 is 0 Å². The maximum atomic E-state index is 12.5. The first-order valence-corrected chi connectivity index (χ1v) is 11.3. The molecule has 0 bridgehead atoms. The van der Waals surface area contributed by atoms with Crippen molar-refractivity contribution in [1.29, 1.82) is 0 Å². The summed E-state index contributed by atoms with van der Waals surface area (Å²) in [5.74, 6) is -1.96. The molecule has 1 aromatic heterocycles. The zero-order chi connectivity index (χ0) is 23.4. The first-order valence-electron chi connectivity index (χ1n) is 10.4. The van der Waals surface area contributed by atoms with Gasteiger partial charge in [-0.3, -0.25) is 9.59 Å². The van der Waals surface area contributed by atoms with E-state index in [4.69, 9.17) is 4.74 Å². The maximum absolute atomic E-state index is 12.5. The highest BCUT2D eigenvalue weighted by Gasteiger charge is 2.30. The number of aromatic nitrogens is 1. The summed E-state index contributed by atoms with van der Waals surface area (Å²) >= 11 is 1.45. The van der Waals surface area contributed by atoms with Crippen LogP contribution >= 0.6 is 11.3 Å². The Balaban J connectivity index is 1.38. The number of ether oxygens (including phenoxy) is 1. The lowest BCUT2D eigenvalue weighted by Gasteiger charge is -2.18. The smallest absolute Gasteiger partial charge is 0.407 e. The molecule has 0 spiro atoms. The number of fused-ring (bicyclic) bond motifs is 3. The summed E-state index contributed by atoms with van der Waals surface area (Å²) in [5, 5.41) is 16.8. The van der Waals surface area contributed by atoms with Crippen LogP contribution in [0.2, 0.25) is 0 Å². The molecule has 33 heavy (non-hydrogen) atoms. The second-order valence-electron chi connectivity index (χ2n) is 7.70. The molecule has 1 aliphatic carbocycles. The molecular formula is C24H23N3O5S. The fraction of sp³-hybridized carbons (Fsp3) is 0.250. The molecule has 0 saturated heterocycles. The average Bonchev–Trinajstić information content (AvgIpc) is 3.36. The Morgan fingerprint density at radius 1 is 1.09 bits per heavy atom. The maximum Gasteiger partial charge on any atom is 0.407 e. The van der Waals surface area contributed by atoms with Gasteiger partial charge >= 0.3 is 12.1 Å². The summed E-state index contributed by atoms with van der Waals surface area (Å²) in [7, 11) is 0. The van der Waals surface area contributed by atoms with Gasteiger partial charge in [0.15, 0.2) is 0 Å². The lowest BCUT2D eigenvalue weighted by molar-refractivity contribution is -0.139. The Kier molecular flexibility index (Phi) is 6.69. The monoisotopic (exact) mass is 465 g/mol. The van der Waals surface area contributed by atoms with Crippen molar-refractivity contribution in [2.45, 2.75) is 31.8 Å². The van der Waals surface area contributed by atoms with E-state index in [9.17, 15) is 19.5 Å². The van der Waals surface area contributed by atoms with E-state index in [-0.39, 0.29) is 19.1 Å². The number of thiazole rings is 1. The van der Waals surface area contributed by atoms with Crippen molar-refractivity contribution in [2.24, 2.45) is 0 Å². The van der Waals surface area contributed by atoms with E-state index in [1.54, 1.807) is 5.38 Å². The molecule has 1 unspecified atom stereocenters. The van der Waals surface area contributed by atoms with Crippen LogP contribution in [0.1, 0.15) is 34.2 Å². The molecule has 0 saturated carbocycles. The fourth-order valence-corrected chi connectivity index (χ4v) is 4.57. The summed E-state index contributed by atoms with van der Waals surface area (Å²) in [4.78, 5) is 40.5. The molecule has 0 aliphatic heterocycles. The number of nitrogens with zero attached hydrogens (tertiary/aromatic N) is 1. The molecule has 3 aromatic rings. The van der Waals surface area contributed by atoms with Gasteiger partial charge in [0.2, 0.25) is 5.91 Å². The third-order valence-electron chi connectivity index (χ3n) is 5.44. The predicted octanol–water partition coefficient (Wildman–Crippen LogP) is 3.45. The van der Waals surface area contributed by atoms with E-state index < -0.39 is 30.4 Å². The van der Waals surface area contributed by atoms with Gasteiger partial charge in [0, 0.05) is 11.3 Å². The van der Waals surface area contributed by atoms with Crippen LogP contribution < -0.4 is 10.6 Å². The number of carboxylic acids is 1. The molecule has 2 amide bonds. The van der Waals surface area contributed by atoms with Crippen LogP contribution in [-0.2, 0) is 20.9 Å². The Morgan fingerprint density at radius 3 is 2.30 bits per heavy atom. The predicted molar refractivity (Wildman–Crippen MR) is 123 cm³/mol. The number of carboxylic acid groups (broad SMARTS) is 1. The lowest BCUT2D eigenvalue weighted by atomic mass is 9.98. The molecule has 4 rings (SSSR count). The third-order valence-corrected chi connectivity index (χ3v) is 6.26. The normalized spacial score (nSPS) is 13.0. The molecule has 8 nitrogen and oxygen atoms in total. The van der Waals surface area contributed by atoms with Crippen molar-refractivity contribution in [1.82, 2.24) is 15.6 Å². The topological polar surface area (TPSA) is 118 Å². The number of hydrogen-bond acceptors (Lipinski definition) is 6. The van der Waals surface area contributed by atoms with Crippen LogP contribution in [0.5, 0.6) is 0 Å². The van der Waals surface area contributed by atoms with Crippen molar-refractivity contribution in [3.63, 3.8) is 0 Å². The van der Waals surface area contributed by atoms with Crippen molar-refractivity contribution >= 4 is 29.3 Å². The summed E-state index contributed by atoms with van der Waals surface area (Å²) in [6.45, 7) is 2.06. The number of carbonyl (C=O) groups excluding carboxylic acids is 2. The molecule has 170 valence electrons. The van der Waals surface area contributed by atoms with Gasteiger partial charge < -0.3 is 20.5 Å². The number of aryl methyl sites for hydroxylation is 1. The van der Waals surface area contributed by atoms with Crippen molar-refractivity contribution in [3.8, 4) is 11.1 Å². The Labute approximate surface area is 194 Å². The van der Waals surface area contributed by atoms with Crippen molar-refractivity contribution in [3.05, 3.63) is 75.7 Å². The first-order chi connectivity index (χ1) is 15.9. The second-order valence-corrected chi connectivity index (χ2v) is 8.76. The van der Waals surface area contributed by atoms with Crippen molar-refractivity contribution < 1.29 is 24.2 Å². The van der Waals surface area contributed by atoms with Gasteiger partial charge in [-0.15, -0.1) is 11.3 Å². The van der Waals surface area contributed by atoms with Crippen molar-refractivity contribution in [2.75, 3.05) is 6.61 Å². The largest absolute Gasteiger partial charge is 0.481 e. The summed E-state index contributed by atoms with van der Waals surface area (Å²) in [5.41, 5.74) is 4.99. The highest BCUT2D eigenvalue weighted by Crippen LogP contribution is 2.44. The van der Waals surface area contributed by atoms with Crippen LogP contribution in [-0.4, -0.2) is 40.7 Å². The van der Waals surface area contributed by atoms with E-state index in [0.29, 0.717) is 5.69 Å². The van der Waals surface area contributed by atoms with Gasteiger partial charge in [0.25, 0.3) is 0 Å². The Bertz CT molecular complexity index is 1150. The van der Waals surface area contributed by atoms with Gasteiger partial charge in [-0.05, 0) is 29.2 Å². The van der Waals surface area contributed by atoms with E-state index in [1.807, 2.05) is 55.5 Å². The van der Waals surface area contributed by atoms with Crippen LogP contribution in [0.25, 0.3) is 11.1 Å². The third kappa shape index (κ3) is 5.20. The van der Waals surface area contributed by atoms with E-state index in [2.05, 4.69) is 15.6 Å². The Morgan fingerprint density at radius 2 is 1.73 bits per heavy atom. The first kappa shape index (κ1) is 22.5. The van der Waals surface area contributed by atoms with E-state index in [0.717, 1.165) is 27.3 Å². The summed E-state index contributed by atoms with van der Waals surface area (Å²) in [6, 6.07) is 14.6. The molecule has 1 aliphatic rings. The van der Waals surface area contributed by atoms with Gasteiger partial charge in [-0.1, -0.05) is 48.5 Å². The van der Waals surface area contributed by atoms with Crippen LogP contribution in [0.4, 0.5) is 4.79 Å². The van der Waals surface area contributed by atoms with Crippen LogP contribution in [0.15, 0.2) is 53.9 Å². The van der Waals surface area contributed by atoms with Gasteiger partial charge in [-0.2, -0.15) is 0 Å². The van der Waals surface area contributed by atoms with Crippen LogP contribution in [0, 0.1) is 6.92 Å². The molecule has 1 atom stereocenters. The molecular weight excluding hydrogens is 442 g/mol. The Hall–Kier alpha value is -3.72. The lowest BCUT2D eigenvalue weighted by Crippen LogP contribution is -2.48. The zero-order valence-electron chi connectivity index (χ0n) is 17.9. The summed E-state index contributed by atoms with van der Waals surface area (Å²) in [6.07, 6.45) is -1.41. The second kappa shape index (κ2) is 9.83. The zero-order valence-corrected chi connectivity index (χ0v) is 18.7. The number of alkyl carbamates (subject to hydrolysis) is 1. The molecule has 0 fully saturated rings. The summed E-state index contributed by atoms with van der Waals surface area (Å²) < 4.78 is 5.43. The number of nitrogens with one attached hydrogen (secondary N) is 2. The van der Waals surface area contributed by atoms with Gasteiger partial charge in [0.1, 0.15) is 12.6 Å². The van der Waals surface area contributed by atoms with Gasteiger partial charge in [-0.25, -0.2) is 9.78 Å². The number of hydrogen-bond donors (Lipinski definition) is 3. The minimum absolute atomic E-state index is 0.0688. The van der Waals surface area contributed by atoms with E-state index in [1.165, 1.54) is 11.3 Å². The fourth-order valence-electron chi connectivity index (χ4n) is 3.96. The quantitative estimate of drug-likeness (QED) is 0.469. The molecule has 2 aromatic carbocycles.